The summed E-state index contributed by atoms with van der Waals surface area (Å²) in [6.45, 7) is 3.63. The predicted octanol–water partition coefficient (Wildman–Crippen LogP) is 2.92. The minimum atomic E-state index is -0.284. The summed E-state index contributed by atoms with van der Waals surface area (Å²) in [5.41, 5.74) is 1.67. The topological polar surface area (TPSA) is 47.3 Å². The van der Waals surface area contributed by atoms with Crippen molar-refractivity contribution in [1.82, 2.24) is 0 Å². The maximum Gasteiger partial charge on any atom is 0.101 e. The first-order valence-corrected chi connectivity index (χ1v) is 7.04. The summed E-state index contributed by atoms with van der Waals surface area (Å²) >= 11 is 3.39. The Bertz CT molecular complexity index is 467. The number of halogens is 1. The first-order chi connectivity index (χ1) is 8.61. The third-order valence-corrected chi connectivity index (χ3v) is 4.05. The summed E-state index contributed by atoms with van der Waals surface area (Å²) in [5, 5.41) is 18.9. The minimum Gasteiger partial charge on any atom is -0.393 e. The molecule has 1 aliphatic rings. The van der Waals surface area contributed by atoms with Crippen LogP contribution in [-0.2, 0) is 0 Å². The van der Waals surface area contributed by atoms with Crippen molar-refractivity contribution in [2.24, 2.45) is 5.92 Å². The van der Waals surface area contributed by atoms with Gasteiger partial charge >= 0.3 is 0 Å². The molecular formula is C14H17BrN2O. The lowest BCUT2D eigenvalue weighted by molar-refractivity contribution is 0.115. The quantitative estimate of drug-likeness (QED) is 0.914. The number of nitriles is 1. The van der Waals surface area contributed by atoms with Crippen LogP contribution >= 0.6 is 15.9 Å². The summed E-state index contributed by atoms with van der Waals surface area (Å²) in [7, 11) is 0. The molecule has 96 valence electrons. The average molecular weight is 309 g/mol. The zero-order valence-corrected chi connectivity index (χ0v) is 12.0. The van der Waals surface area contributed by atoms with Crippen molar-refractivity contribution in [2.45, 2.75) is 25.9 Å². The number of anilines is 1. The highest BCUT2D eigenvalue weighted by atomic mass is 79.9. The van der Waals surface area contributed by atoms with Crippen molar-refractivity contribution < 1.29 is 5.11 Å². The zero-order chi connectivity index (χ0) is 13.1. The molecule has 0 radical (unpaired) electrons. The number of aliphatic hydroxyl groups is 1. The van der Waals surface area contributed by atoms with Crippen molar-refractivity contribution in [3.8, 4) is 6.07 Å². The SMILES string of the molecule is C[C@H](O)[C@H]1CCCN(c2ccc(Br)cc2C#N)C1. The first kappa shape index (κ1) is 13.4. The van der Waals surface area contributed by atoms with E-state index in [-0.39, 0.29) is 6.10 Å². The van der Waals surface area contributed by atoms with E-state index in [2.05, 4.69) is 26.9 Å². The Labute approximate surface area is 116 Å². The van der Waals surface area contributed by atoms with Crippen molar-refractivity contribution in [3.05, 3.63) is 28.2 Å². The van der Waals surface area contributed by atoms with Gasteiger partial charge in [0.2, 0.25) is 0 Å². The molecule has 18 heavy (non-hydrogen) atoms. The van der Waals surface area contributed by atoms with Gasteiger partial charge in [0.25, 0.3) is 0 Å². The molecule has 1 N–H and O–H groups in total. The van der Waals surface area contributed by atoms with Crippen molar-refractivity contribution in [2.75, 3.05) is 18.0 Å². The minimum absolute atomic E-state index is 0.284. The standard InChI is InChI=1S/C14H17BrN2O/c1-10(18)11-3-2-6-17(9-11)14-5-4-13(15)7-12(14)8-16/h4-5,7,10-11,18H,2-3,6,9H2,1H3/t10-,11-/m0/s1. The van der Waals surface area contributed by atoms with Gasteiger partial charge in [0.1, 0.15) is 6.07 Å². The van der Waals surface area contributed by atoms with Crippen molar-refractivity contribution in [1.29, 1.82) is 5.26 Å². The Morgan fingerprint density at radius 1 is 1.56 bits per heavy atom. The Morgan fingerprint density at radius 3 is 3.00 bits per heavy atom. The molecule has 0 amide bonds. The maximum absolute atomic E-state index is 9.71. The molecule has 1 aromatic rings. The summed E-state index contributed by atoms with van der Waals surface area (Å²) in [4.78, 5) is 2.21. The lowest BCUT2D eigenvalue weighted by Crippen LogP contribution is -2.39. The Hall–Kier alpha value is -1.05. The summed E-state index contributed by atoms with van der Waals surface area (Å²) in [6, 6.07) is 8.03. The van der Waals surface area contributed by atoms with E-state index in [4.69, 9.17) is 0 Å². The van der Waals surface area contributed by atoms with Crippen LogP contribution in [0.15, 0.2) is 22.7 Å². The van der Waals surface area contributed by atoms with E-state index in [0.29, 0.717) is 11.5 Å². The number of aliphatic hydroxyl groups excluding tert-OH is 1. The highest BCUT2D eigenvalue weighted by Crippen LogP contribution is 2.29. The summed E-state index contributed by atoms with van der Waals surface area (Å²) in [5.74, 6) is 0.300. The number of rotatable bonds is 2. The molecule has 0 unspecified atom stereocenters. The normalized spacial score (nSPS) is 21.4. The van der Waals surface area contributed by atoms with Crippen molar-refractivity contribution in [3.63, 3.8) is 0 Å². The van der Waals surface area contributed by atoms with Crippen LogP contribution in [0.25, 0.3) is 0 Å². The molecule has 2 atom stereocenters. The van der Waals surface area contributed by atoms with Gasteiger partial charge in [-0.25, -0.2) is 0 Å². The third-order valence-electron chi connectivity index (χ3n) is 3.56. The highest BCUT2D eigenvalue weighted by Gasteiger charge is 2.24. The van der Waals surface area contributed by atoms with Crippen LogP contribution in [0.2, 0.25) is 0 Å². The van der Waals surface area contributed by atoms with Crippen LogP contribution in [0.3, 0.4) is 0 Å². The van der Waals surface area contributed by atoms with Crippen LogP contribution in [0.1, 0.15) is 25.3 Å². The smallest absolute Gasteiger partial charge is 0.101 e. The van der Waals surface area contributed by atoms with E-state index >= 15 is 0 Å². The fourth-order valence-electron chi connectivity index (χ4n) is 2.50. The van der Waals surface area contributed by atoms with E-state index in [1.54, 1.807) is 0 Å². The molecule has 2 rings (SSSR count). The van der Waals surface area contributed by atoms with Gasteiger partial charge in [-0.15, -0.1) is 0 Å². The average Bonchev–Trinajstić information content (AvgIpc) is 2.38. The van der Waals surface area contributed by atoms with Crippen LogP contribution in [0.4, 0.5) is 5.69 Å². The highest BCUT2D eigenvalue weighted by molar-refractivity contribution is 9.10. The lowest BCUT2D eigenvalue weighted by Gasteiger charge is -2.36. The molecule has 0 aromatic heterocycles. The zero-order valence-electron chi connectivity index (χ0n) is 10.4. The maximum atomic E-state index is 9.71. The van der Waals surface area contributed by atoms with E-state index in [0.717, 1.165) is 36.1 Å². The molecule has 4 heteroatoms. The van der Waals surface area contributed by atoms with E-state index in [9.17, 15) is 10.4 Å². The lowest BCUT2D eigenvalue weighted by atomic mass is 9.93. The van der Waals surface area contributed by atoms with Gasteiger partial charge < -0.3 is 10.0 Å². The van der Waals surface area contributed by atoms with Crippen LogP contribution < -0.4 is 4.90 Å². The monoisotopic (exact) mass is 308 g/mol. The summed E-state index contributed by atoms with van der Waals surface area (Å²) in [6.07, 6.45) is 1.84. The molecule has 0 aliphatic carbocycles. The van der Waals surface area contributed by atoms with E-state index in [1.165, 1.54) is 0 Å². The predicted molar refractivity (Wildman–Crippen MR) is 75.5 cm³/mol. The second-order valence-electron chi connectivity index (χ2n) is 4.86. The van der Waals surface area contributed by atoms with Gasteiger partial charge in [-0.1, -0.05) is 15.9 Å². The molecule has 0 saturated carbocycles. The molecule has 1 saturated heterocycles. The number of hydrogen-bond acceptors (Lipinski definition) is 3. The fraction of sp³-hybridized carbons (Fsp3) is 0.500. The molecule has 1 aliphatic heterocycles. The fourth-order valence-corrected chi connectivity index (χ4v) is 2.86. The van der Waals surface area contributed by atoms with Crippen molar-refractivity contribution >= 4 is 21.6 Å². The number of nitrogens with zero attached hydrogens (tertiary/aromatic N) is 2. The van der Waals surface area contributed by atoms with Gasteiger partial charge in [-0.3, -0.25) is 0 Å². The van der Waals surface area contributed by atoms with Crippen LogP contribution in [0, 0.1) is 17.2 Å². The first-order valence-electron chi connectivity index (χ1n) is 6.24. The largest absolute Gasteiger partial charge is 0.393 e. The molecule has 3 nitrogen and oxygen atoms in total. The van der Waals surface area contributed by atoms with Gasteiger partial charge in [0, 0.05) is 23.5 Å². The molecule has 0 bridgehead atoms. The Balaban J connectivity index is 2.23. The van der Waals surface area contributed by atoms with E-state index in [1.807, 2.05) is 25.1 Å². The van der Waals surface area contributed by atoms with E-state index < -0.39 is 0 Å². The third kappa shape index (κ3) is 2.85. The number of benzene rings is 1. The van der Waals surface area contributed by atoms with Crippen LogP contribution in [-0.4, -0.2) is 24.3 Å². The molecule has 1 fully saturated rings. The Morgan fingerprint density at radius 2 is 2.33 bits per heavy atom. The second-order valence-corrected chi connectivity index (χ2v) is 5.78. The summed E-state index contributed by atoms with van der Waals surface area (Å²) < 4.78 is 0.923. The number of hydrogen-bond donors (Lipinski definition) is 1. The number of piperidine rings is 1. The Kier molecular flexibility index (Phi) is 4.26. The van der Waals surface area contributed by atoms with Gasteiger partial charge in [-0.05, 0) is 38.0 Å². The second kappa shape index (κ2) is 5.73. The van der Waals surface area contributed by atoms with Gasteiger partial charge in [0.05, 0.1) is 17.4 Å². The molecule has 1 heterocycles. The molecule has 0 spiro atoms. The van der Waals surface area contributed by atoms with Gasteiger partial charge in [-0.2, -0.15) is 5.26 Å². The molecular weight excluding hydrogens is 292 g/mol. The van der Waals surface area contributed by atoms with Crippen LogP contribution in [0.5, 0.6) is 0 Å². The molecule has 1 aromatic carbocycles. The van der Waals surface area contributed by atoms with Gasteiger partial charge in [0.15, 0.2) is 0 Å².